The minimum atomic E-state index is 0.663. The molecule has 3 heterocycles. The van der Waals surface area contributed by atoms with Gasteiger partial charge in [-0.15, -0.1) is 0 Å². The summed E-state index contributed by atoms with van der Waals surface area (Å²) in [4.78, 5) is 8.46. The van der Waals surface area contributed by atoms with Crippen LogP contribution in [0.25, 0.3) is 11.3 Å². The van der Waals surface area contributed by atoms with Crippen LogP contribution in [0.15, 0.2) is 49.1 Å². The second kappa shape index (κ2) is 5.52. The van der Waals surface area contributed by atoms with Crippen molar-refractivity contribution in [2.24, 2.45) is 0 Å². The molecule has 0 saturated heterocycles. The van der Waals surface area contributed by atoms with E-state index in [9.17, 15) is 0 Å². The number of rotatable bonds is 4. The van der Waals surface area contributed by atoms with E-state index in [2.05, 4.69) is 25.5 Å². The monoisotopic (exact) mass is 265 g/mol. The number of nitrogens with one attached hydrogen (secondary N) is 2. The van der Waals surface area contributed by atoms with E-state index in [1.807, 2.05) is 49.8 Å². The van der Waals surface area contributed by atoms with Gasteiger partial charge in [0.15, 0.2) is 0 Å². The third kappa shape index (κ3) is 2.66. The molecule has 100 valence electrons. The van der Waals surface area contributed by atoms with Crippen LogP contribution in [0.1, 0.15) is 11.1 Å². The topological polar surface area (TPSA) is 66.5 Å². The maximum atomic E-state index is 4.33. The fraction of sp³-hybridized carbons (Fsp3) is 0.133. The largest absolute Gasteiger partial charge is 0.366 e. The predicted octanol–water partition coefficient (Wildman–Crippen LogP) is 2.79. The Morgan fingerprint density at radius 3 is 2.85 bits per heavy atom. The number of pyridine rings is 2. The molecular weight excluding hydrogens is 250 g/mol. The van der Waals surface area contributed by atoms with E-state index < -0.39 is 0 Å². The van der Waals surface area contributed by atoms with Gasteiger partial charge in [0, 0.05) is 36.3 Å². The third-order valence-electron chi connectivity index (χ3n) is 3.04. The highest BCUT2D eigenvalue weighted by Gasteiger charge is 2.07. The summed E-state index contributed by atoms with van der Waals surface area (Å²) >= 11 is 0. The lowest BCUT2D eigenvalue weighted by Gasteiger charge is -2.06. The molecule has 0 aromatic carbocycles. The Kier molecular flexibility index (Phi) is 3.41. The lowest BCUT2D eigenvalue weighted by atomic mass is 10.1. The number of aryl methyl sites for hydroxylation is 1. The van der Waals surface area contributed by atoms with Gasteiger partial charge in [-0.3, -0.25) is 10.1 Å². The zero-order valence-corrected chi connectivity index (χ0v) is 11.2. The molecule has 5 nitrogen and oxygen atoms in total. The second-order valence-corrected chi connectivity index (χ2v) is 4.59. The van der Waals surface area contributed by atoms with E-state index in [4.69, 9.17) is 0 Å². The van der Waals surface area contributed by atoms with Gasteiger partial charge in [0.1, 0.15) is 5.82 Å². The molecule has 3 rings (SSSR count). The van der Waals surface area contributed by atoms with Crippen molar-refractivity contribution in [1.29, 1.82) is 0 Å². The summed E-state index contributed by atoms with van der Waals surface area (Å²) in [5.41, 5.74) is 4.24. The van der Waals surface area contributed by atoms with Crippen LogP contribution in [0.4, 0.5) is 5.82 Å². The van der Waals surface area contributed by atoms with Crippen LogP contribution in [-0.2, 0) is 6.54 Å². The SMILES string of the molecule is Cc1ccc(NCc2cn[nH]c2-c2cccnc2)nc1. The van der Waals surface area contributed by atoms with Crippen molar-refractivity contribution in [1.82, 2.24) is 20.2 Å². The molecule has 0 aliphatic rings. The van der Waals surface area contributed by atoms with Gasteiger partial charge < -0.3 is 5.32 Å². The lowest BCUT2D eigenvalue weighted by molar-refractivity contribution is 1.09. The van der Waals surface area contributed by atoms with Gasteiger partial charge >= 0.3 is 0 Å². The van der Waals surface area contributed by atoms with Crippen molar-refractivity contribution in [3.05, 3.63) is 60.2 Å². The van der Waals surface area contributed by atoms with Gasteiger partial charge in [0.25, 0.3) is 0 Å². The van der Waals surface area contributed by atoms with Gasteiger partial charge in [0.05, 0.1) is 11.9 Å². The van der Waals surface area contributed by atoms with Crippen LogP contribution in [-0.4, -0.2) is 20.2 Å². The number of anilines is 1. The molecule has 0 saturated carbocycles. The fourth-order valence-corrected chi connectivity index (χ4v) is 1.96. The van der Waals surface area contributed by atoms with Crippen molar-refractivity contribution in [2.75, 3.05) is 5.32 Å². The van der Waals surface area contributed by atoms with E-state index in [1.54, 1.807) is 6.20 Å². The van der Waals surface area contributed by atoms with E-state index in [-0.39, 0.29) is 0 Å². The summed E-state index contributed by atoms with van der Waals surface area (Å²) in [6.07, 6.45) is 7.25. The Morgan fingerprint density at radius 1 is 1.15 bits per heavy atom. The molecule has 0 aliphatic heterocycles. The number of aromatic amines is 1. The summed E-state index contributed by atoms with van der Waals surface area (Å²) < 4.78 is 0. The van der Waals surface area contributed by atoms with Crippen molar-refractivity contribution < 1.29 is 0 Å². The van der Waals surface area contributed by atoms with E-state index in [0.29, 0.717) is 6.54 Å². The quantitative estimate of drug-likeness (QED) is 0.761. The van der Waals surface area contributed by atoms with E-state index >= 15 is 0 Å². The summed E-state index contributed by atoms with van der Waals surface area (Å²) in [7, 11) is 0. The first kappa shape index (κ1) is 12.3. The Labute approximate surface area is 117 Å². The molecule has 0 radical (unpaired) electrons. The van der Waals surface area contributed by atoms with Crippen LogP contribution in [0, 0.1) is 6.92 Å². The number of H-pyrrole nitrogens is 1. The first-order valence-electron chi connectivity index (χ1n) is 6.42. The molecule has 0 amide bonds. The summed E-state index contributed by atoms with van der Waals surface area (Å²) in [6.45, 7) is 2.68. The maximum Gasteiger partial charge on any atom is 0.126 e. The van der Waals surface area contributed by atoms with E-state index in [0.717, 1.165) is 28.2 Å². The smallest absolute Gasteiger partial charge is 0.126 e. The standard InChI is InChI=1S/C15H15N5/c1-11-4-5-14(17-7-11)18-9-13-10-19-20-15(13)12-3-2-6-16-8-12/h2-8,10H,9H2,1H3,(H,17,18)(H,19,20). The average Bonchev–Trinajstić information content (AvgIpc) is 2.96. The van der Waals surface area contributed by atoms with E-state index in [1.165, 1.54) is 0 Å². The Hall–Kier alpha value is -2.69. The minimum Gasteiger partial charge on any atom is -0.366 e. The molecule has 5 heteroatoms. The number of aromatic nitrogens is 4. The first-order valence-corrected chi connectivity index (χ1v) is 6.42. The van der Waals surface area contributed by atoms with Crippen LogP contribution in [0.3, 0.4) is 0 Å². The highest BCUT2D eigenvalue weighted by molar-refractivity contribution is 5.61. The van der Waals surface area contributed by atoms with Gasteiger partial charge in [0.2, 0.25) is 0 Å². The van der Waals surface area contributed by atoms with Crippen LogP contribution < -0.4 is 5.32 Å². The molecule has 20 heavy (non-hydrogen) atoms. The van der Waals surface area contributed by atoms with Crippen LogP contribution in [0.5, 0.6) is 0 Å². The van der Waals surface area contributed by atoms with Gasteiger partial charge in [-0.25, -0.2) is 4.98 Å². The number of hydrogen-bond donors (Lipinski definition) is 2. The van der Waals surface area contributed by atoms with Crippen molar-refractivity contribution >= 4 is 5.82 Å². The van der Waals surface area contributed by atoms with Crippen LogP contribution >= 0.6 is 0 Å². The zero-order chi connectivity index (χ0) is 13.8. The van der Waals surface area contributed by atoms with Gasteiger partial charge in [-0.1, -0.05) is 6.07 Å². The third-order valence-corrected chi connectivity index (χ3v) is 3.04. The zero-order valence-electron chi connectivity index (χ0n) is 11.2. The first-order chi connectivity index (χ1) is 9.83. The average molecular weight is 265 g/mol. The summed E-state index contributed by atoms with van der Waals surface area (Å²) in [5.74, 6) is 0.855. The molecule has 2 N–H and O–H groups in total. The van der Waals surface area contributed by atoms with Crippen molar-refractivity contribution in [3.8, 4) is 11.3 Å². The molecular formula is C15H15N5. The summed E-state index contributed by atoms with van der Waals surface area (Å²) in [5, 5.41) is 10.4. The molecule has 0 bridgehead atoms. The molecule has 0 aliphatic carbocycles. The fourth-order valence-electron chi connectivity index (χ4n) is 1.96. The van der Waals surface area contributed by atoms with Crippen molar-refractivity contribution in [2.45, 2.75) is 13.5 Å². The highest BCUT2D eigenvalue weighted by atomic mass is 15.1. The molecule has 0 unspecified atom stereocenters. The lowest BCUT2D eigenvalue weighted by Crippen LogP contribution is -2.01. The maximum absolute atomic E-state index is 4.33. The Balaban J connectivity index is 1.76. The molecule has 3 aromatic heterocycles. The molecule has 0 fully saturated rings. The Bertz CT molecular complexity index is 673. The van der Waals surface area contributed by atoms with Crippen LogP contribution in [0.2, 0.25) is 0 Å². The second-order valence-electron chi connectivity index (χ2n) is 4.59. The van der Waals surface area contributed by atoms with Gasteiger partial charge in [-0.05, 0) is 30.7 Å². The Morgan fingerprint density at radius 2 is 2.10 bits per heavy atom. The van der Waals surface area contributed by atoms with Gasteiger partial charge in [-0.2, -0.15) is 5.10 Å². The molecule has 0 atom stereocenters. The minimum absolute atomic E-state index is 0.663. The molecule has 3 aromatic rings. The normalized spacial score (nSPS) is 10.4. The number of hydrogen-bond acceptors (Lipinski definition) is 4. The molecule has 0 spiro atoms. The predicted molar refractivity (Wildman–Crippen MR) is 78.1 cm³/mol. The number of nitrogens with zero attached hydrogens (tertiary/aromatic N) is 3. The summed E-state index contributed by atoms with van der Waals surface area (Å²) in [6, 6.07) is 7.93. The van der Waals surface area contributed by atoms with Crippen molar-refractivity contribution in [3.63, 3.8) is 0 Å². The highest BCUT2D eigenvalue weighted by Crippen LogP contribution is 2.20.